The van der Waals surface area contributed by atoms with Gasteiger partial charge in [-0.3, -0.25) is 14.6 Å². The summed E-state index contributed by atoms with van der Waals surface area (Å²) in [7, 11) is 1.64. The number of benzene rings is 3. The summed E-state index contributed by atoms with van der Waals surface area (Å²) in [6, 6.07) is 31.6. The topological polar surface area (TPSA) is 88.9 Å². The van der Waals surface area contributed by atoms with Gasteiger partial charge in [0.25, 0.3) is 5.91 Å². The molecule has 2 amide bonds. The van der Waals surface area contributed by atoms with Crippen molar-refractivity contribution in [2.45, 2.75) is 19.8 Å². The van der Waals surface area contributed by atoms with E-state index in [1.807, 2.05) is 35.0 Å². The van der Waals surface area contributed by atoms with Crippen LogP contribution in [0, 0.1) is 6.92 Å². The van der Waals surface area contributed by atoms with E-state index in [0.717, 1.165) is 33.8 Å². The van der Waals surface area contributed by atoms with Gasteiger partial charge in [0, 0.05) is 37.3 Å². The molecule has 7 nitrogen and oxygen atoms in total. The number of rotatable bonds is 8. The number of nitrogens with zero attached hydrogens (tertiary/aromatic N) is 3. The van der Waals surface area contributed by atoms with Crippen molar-refractivity contribution in [1.82, 2.24) is 20.1 Å². The third kappa shape index (κ3) is 6.10. The van der Waals surface area contributed by atoms with E-state index >= 15 is 0 Å². The lowest BCUT2D eigenvalue weighted by atomic mass is 10.0. The maximum Gasteiger partial charge on any atom is 0.274 e. The molecular weight excluding hydrogens is 486 g/mol. The van der Waals surface area contributed by atoms with Crippen LogP contribution < -0.4 is 10.6 Å². The molecular formula is C32H29N5O2. The van der Waals surface area contributed by atoms with E-state index in [4.69, 9.17) is 5.10 Å². The fraction of sp³-hybridized carbons (Fsp3) is 0.125. The molecule has 3 aromatic carbocycles. The fourth-order valence-corrected chi connectivity index (χ4v) is 4.28. The third-order valence-corrected chi connectivity index (χ3v) is 6.48. The van der Waals surface area contributed by atoms with Crippen LogP contribution >= 0.6 is 0 Å². The number of pyridine rings is 1. The third-order valence-electron chi connectivity index (χ3n) is 6.48. The molecule has 39 heavy (non-hydrogen) atoms. The highest BCUT2D eigenvalue weighted by Gasteiger charge is 2.14. The smallest absolute Gasteiger partial charge is 0.274 e. The quantitative estimate of drug-likeness (QED) is 0.272. The van der Waals surface area contributed by atoms with E-state index in [2.05, 4.69) is 71.1 Å². The Bertz CT molecular complexity index is 1570. The molecule has 5 aromatic rings. The monoisotopic (exact) mass is 515 g/mol. The fourth-order valence-electron chi connectivity index (χ4n) is 4.28. The van der Waals surface area contributed by atoms with Crippen molar-refractivity contribution in [3.05, 3.63) is 120 Å². The number of hydrogen-bond donors (Lipinski definition) is 2. The molecule has 0 atom stereocenters. The summed E-state index contributed by atoms with van der Waals surface area (Å²) in [5.41, 5.74) is 8.13. The molecule has 0 saturated carbocycles. The maximum atomic E-state index is 12.5. The van der Waals surface area contributed by atoms with Crippen molar-refractivity contribution in [3.8, 4) is 28.1 Å². The minimum absolute atomic E-state index is 0.0263. The zero-order valence-electron chi connectivity index (χ0n) is 21.9. The van der Waals surface area contributed by atoms with Gasteiger partial charge < -0.3 is 10.6 Å². The van der Waals surface area contributed by atoms with Crippen LogP contribution in [0.5, 0.6) is 0 Å². The lowest BCUT2D eigenvalue weighted by Gasteiger charge is -2.10. The van der Waals surface area contributed by atoms with E-state index in [-0.39, 0.29) is 11.8 Å². The van der Waals surface area contributed by atoms with Crippen molar-refractivity contribution in [2.24, 2.45) is 0 Å². The first-order valence-corrected chi connectivity index (χ1v) is 12.8. The lowest BCUT2D eigenvalue weighted by Crippen LogP contribution is -2.18. The number of carbonyl (C=O) groups is 2. The molecule has 0 aliphatic carbocycles. The summed E-state index contributed by atoms with van der Waals surface area (Å²) < 4.78 is 1.88. The Morgan fingerprint density at radius 2 is 1.49 bits per heavy atom. The number of anilines is 1. The van der Waals surface area contributed by atoms with Crippen molar-refractivity contribution >= 4 is 17.5 Å². The van der Waals surface area contributed by atoms with Crippen molar-refractivity contribution < 1.29 is 9.59 Å². The number of amides is 2. The predicted octanol–water partition coefficient (Wildman–Crippen LogP) is 5.84. The summed E-state index contributed by atoms with van der Waals surface area (Å²) in [6.07, 6.45) is 2.48. The molecule has 194 valence electrons. The average Bonchev–Trinajstić information content (AvgIpc) is 3.41. The van der Waals surface area contributed by atoms with Crippen LogP contribution in [0.4, 0.5) is 5.69 Å². The van der Waals surface area contributed by atoms with Gasteiger partial charge in [-0.05, 0) is 60.5 Å². The molecule has 0 fully saturated rings. The molecule has 0 saturated heterocycles. The van der Waals surface area contributed by atoms with Gasteiger partial charge in [-0.25, -0.2) is 4.68 Å². The maximum absolute atomic E-state index is 12.5. The predicted molar refractivity (Wildman–Crippen MR) is 154 cm³/mol. The Labute approximate surface area is 227 Å². The molecule has 7 heteroatoms. The van der Waals surface area contributed by atoms with E-state index in [1.54, 1.807) is 31.4 Å². The second-order valence-electron chi connectivity index (χ2n) is 9.27. The second-order valence-corrected chi connectivity index (χ2v) is 9.27. The van der Waals surface area contributed by atoms with E-state index in [9.17, 15) is 9.59 Å². The summed E-state index contributed by atoms with van der Waals surface area (Å²) >= 11 is 0. The zero-order valence-corrected chi connectivity index (χ0v) is 21.9. The van der Waals surface area contributed by atoms with E-state index in [0.29, 0.717) is 24.2 Å². The van der Waals surface area contributed by atoms with Crippen LogP contribution in [-0.2, 0) is 11.2 Å². The molecule has 0 unspecified atom stereocenters. The minimum Gasteiger partial charge on any atom is -0.359 e. The van der Waals surface area contributed by atoms with Crippen LogP contribution in [-0.4, -0.2) is 33.6 Å². The van der Waals surface area contributed by atoms with Gasteiger partial charge in [0.05, 0.1) is 17.1 Å². The largest absolute Gasteiger partial charge is 0.359 e. The Kier molecular flexibility index (Phi) is 7.59. The molecule has 2 N–H and O–H groups in total. The molecule has 0 bridgehead atoms. The first-order valence-electron chi connectivity index (χ1n) is 12.8. The molecule has 5 rings (SSSR count). The van der Waals surface area contributed by atoms with Gasteiger partial charge in [0.15, 0.2) is 0 Å². The normalized spacial score (nSPS) is 10.7. The molecule has 2 heterocycles. The Balaban J connectivity index is 1.43. The molecule has 0 spiro atoms. The molecule has 0 aliphatic heterocycles. The van der Waals surface area contributed by atoms with Gasteiger partial charge in [-0.1, -0.05) is 60.2 Å². The van der Waals surface area contributed by atoms with Gasteiger partial charge in [-0.2, -0.15) is 5.10 Å². The first kappa shape index (κ1) is 25.6. The van der Waals surface area contributed by atoms with Gasteiger partial charge in [-0.15, -0.1) is 0 Å². The van der Waals surface area contributed by atoms with Crippen LogP contribution in [0.1, 0.15) is 28.2 Å². The number of aryl methyl sites for hydroxylation is 2. The van der Waals surface area contributed by atoms with Crippen LogP contribution in [0.3, 0.4) is 0 Å². The highest BCUT2D eigenvalue weighted by molar-refractivity contribution is 6.02. The summed E-state index contributed by atoms with van der Waals surface area (Å²) in [6.45, 7) is 2.08. The number of aromatic nitrogens is 3. The van der Waals surface area contributed by atoms with Crippen LogP contribution in [0.25, 0.3) is 28.1 Å². The average molecular weight is 516 g/mol. The van der Waals surface area contributed by atoms with Crippen molar-refractivity contribution in [3.63, 3.8) is 0 Å². The minimum atomic E-state index is -0.270. The number of hydrogen-bond acceptors (Lipinski definition) is 4. The van der Waals surface area contributed by atoms with Gasteiger partial charge in [0.1, 0.15) is 5.69 Å². The summed E-state index contributed by atoms with van der Waals surface area (Å²) in [5.74, 6) is -0.296. The van der Waals surface area contributed by atoms with E-state index < -0.39 is 0 Å². The highest BCUT2D eigenvalue weighted by atomic mass is 16.2. The molecule has 0 radical (unpaired) electrons. The standard InChI is InChI=1S/C32H29N5O2/c1-22-6-8-23(9-7-22)24-10-12-25(13-11-24)30-21-27(16-19-31(38)33-2)36-37(30)28-17-14-26(15-18-28)35-32(39)29-5-3-4-20-34-29/h3-15,17-18,20-21H,16,19H2,1-2H3,(H,33,38)(H,35,39). The van der Waals surface area contributed by atoms with Crippen LogP contribution in [0.2, 0.25) is 0 Å². The number of nitrogens with one attached hydrogen (secondary N) is 2. The highest BCUT2D eigenvalue weighted by Crippen LogP contribution is 2.28. The number of carbonyl (C=O) groups excluding carboxylic acids is 2. The van der Waals surface area contributed by atoms with Crippen molar-refractivity contribution in [1.29, 1.82) is 0 Å². The van der Waals surface area contributed by atoms with E-state index in [1.165, 1.54) is 5.56 Å². The van der Waals surface area contributed by atoms with Gasteiger partial charge in [0.2, 0.25) is 5.91 Å². The van der Waals surface area contributed by atoms with Gasteiger partial charge >= 0.3 is 0 Å². The Hall–Kier alpha value is -5.04. The summed E-state index contributed by atoms with van der Waals surface area (Å²) in [4.78, 5) is 28.4. The van der Waals surface area contributed by atoms with Crippen molar-refractivity contribution in [2.75, 3.05) is 12.4 Å². The van der Waals surface area contributed by atoms with Crippen LogP contribution in [0.15, 0.2) is 103 Å². The SMILES string of the molecule is CNC(=O)CCc1cc(-c2ccc(-c3ccc(C)cc3)cc2)n(-c2ccc(NC(=O)c3ccccn3)cc2)n1. The molecule has 0 aliphatic rings. The first-order chi connectivity index (χ1) is 19.0. The second kappa shape index (κ2) is 11.6. The Morgan fingerprint density at radius 3 is 2.13 bits per heavy atom. The Morgan fingerprint density at radius 1 is 0.821 bits per heavy atom. The lowest BCUT2D eigenvalue weighted by molar-refractivity contribution is -0.120. The molecule has 2 aromatic heterocycles. The zero-order chi connectivity index (χ0) is 27.2. The summed E-state index contributed by atoms with van der Waals surface area (Å²) in [5, 5.41) is 10.4.